The Bertz CT molecular complexity index is 552. The highest BCUT2D eigenvalue weighted by molar-refractivity contribution is 5.48. The lowest BCUT2D eigenvalue weighted by atomic mass is 10.1. The van der Waals surface area contributed by atoms with Gasteiger partial charge in [-0.3, -0.25) is 0 Å². The van der Waals surface area contributed by atoms with Gasteiger partial charge in [0.25, 0.3) is 0 Å². The van der Waals surface area contributed by atoms with E-state index in [2.05, 4.69) is 28.9 Å². The number of anilines is 1. The second-order valence-electron chi connectivity index (χ2n) is 4.87. The molecular weight excluding hydrogens is 236 g/mol. The number of pyridine rings is 1. The van der Waals surface area contributed by atoms with Crippen LogP contribution in [0.3, 0.4) is 0 Å². The van der Waals surface area contributed by atoms with Gasteiger partial charge in [-0.05, 0) is 31.0 Å². The molecule has 1 heterocycles. The second kappa shape index (κ2) is 5.85. The van der Waals surface area contributed by atoms with Crippen LogP contribution in [0, 0.1) is 6.92 Å². The smallest absolute Gasteiger partial charge is 0.134 e. The van der Waals surface area contributed by atoms with Crippen LogP contribution in [-0.2, 0) is 6.54 Å². The van der Waals surface area contributed by atoms with Crippen LogP contribution < -0.4 is 4.90 Å². The molecule has 0 aliphatic carbocycles. The van der Waals surface area contributed by atoms with E-state index in [0.29, 0.717) is 0 Å². The molecule has 100 valence electrons. The Morgan fingerprint density at radius 3 is 2.63 bits per heavy atom. The summed E-state index contributed by atoms with van der Waals surface area (Å²) in [5, 5.41) is 9.81. The van der Waals surface area contributed by atoms with Crippen LogP contribution in [0.4, 0.5) is 5.82 Å². The van der Waals surface area contributed by atoms with Crippen molar-refractivity contribution in [2.45, 2.75) is 26.5 Å². The number of rotatable bonds is 4. The highest BCUT2D eigenvalue weighted by atomic mass is 16.3. The summed E-state index contributed by atoms with van der Waals surface area (Å²) in [5.41, 5.74) is 3.40. The van der Waals surface area contributed by atoms with E-state index in [9.17, 15) is 5.11 Å². The first-order valence-corrected chi connectivity index (χ1v) is 6.48. The zero-order valence-electron chi connectivity index (χ0n) is 11.7. The van der Waals surface area contributed by atoms with Crippen LogP contribution in [0.15, 0.2) is 42.6 Å². The quantitative estimate of drug-likeness (QED) is 0.913. The van der Waals surface area contributed by atoms with Gasteiger partial charge in [-0.1, -0.05) is 30.3 Å². The molecule has 0 amide bonds. The summed E-state index contributed by atoms with van der Waals surface area (Å²) in [6, 6.07) is 12.1. The van der Waals surface area contributed by atoms with Crippen molar-refractivity contribution >= 4 is 5.82 Å². The van der Waals surface area contributed by atoms with Crippen LogP contribution in [0.2, 0.25) is 0 Å². The Hall–Kier alpha value is -1.87. The fraction of sp³-hybridized carbons (Fsp3) is 0.312. The molecular formula is C16H20N2O. The number of aryl methyl sites for hydroxylation is 1. The summed E-state index contributed by atoms with van der Waals surface area (Å²) in [4.78, 5) is 6.47. The normalized spacial score (nSPS) is 12.2. The molecule has 0 saturated carbocycles. The minimum absolute atomic E-state index is 0.511. The lowest BCUT2D eigenvalue weighted by Gasteiger charge is -2.23. The van der Waals surface area contributed by atoms with Crippen LogP contribution in [-0.4, -0.2) is 17.1 Å². The van der Waals surface area contributed by atoms with Crippen molar-refractivity contribution in [3.63, 3.8) is 0 Å². The van der Waals surface area contributed by atoms with E-state index < -0.39 is 6.10 Å². The van der Waals surface area contributed by atoms with Gasteiger partial charge in [0.1, 0.15) is 5.82 Å². The van der Waals surface area contributed by atoms with Crippen molar-refractivity contribution < 1.29 is 5.11 Å². The van der Waals surface area contributed by atoms with Crippen molar-refractivity contribution in [1.82, 2.24) is 4.98 Å². The molecule has 2 aromatic rings. The van der Waals surface area contributed by atoms with Crippen molar-refractivity contribution in [3.05, 3.63) is 59.3 Å². The van der Waals surface area contributed by atoms with Crippen molar-refractivity contribution in [2.75, 3.05) is 11.9 Å². The summed E-state index contributed by atoms with van der Waals surface area (Å²) < 4.78 is 0. The minimum Gasteiger partial charge on any atom is -0.389 e. The highest BCUT2D eigenvalue weighted by Crippen LogP contribution is 2.24. The van der Waals surface area contributed by atoms with Crippen molar-refractivity contribution in [3.8, 4) is 0 Å². The number of aliphatic hydroxyl groups excluding tert-OH is 1. The van der Waals surface area contributed by atoms with E-state index in [4.69, 9.17) is 0 Å². The van der Waals surface area contributed by atoms with Gasteiger partial charge in [0.05, 0.1) is 6.10 Å². The number of aromatic nitrogens is 1. The zero-order chi connectivity index (χ0) is 13.8. The van der Waals surface area contributed by atoms with Crippen molar-refractivity contribution in [1.29, 1.82) is 0 Å². The van der Waals surface area contributed by atoms with Gasteiger partial charge in [-0.15, -0.1) is 0 Å². The maximum absolute atomic E-state index is 9.81. The molecule has 0 spiro atoms. The van der Waals surface area contributed by atoms with Gasteiger partial charge in [0.15, 0.2) is 0 Å². The van der Waals surface area contributed by atoms with Crippen LogP contribution >= 0.6 is 0 Å². The lowest BCUT2D eigenvalue weighted by Crippen LogP contribution is -2.20. The Kier molecular flexibility index (Phi) is 4.17. The van der Waals surface area contributed by atoms with E-state index >= 15 is 0 Å². The van der Waals surface area contributed by atoms with Gasteiger partial charge in [-0.2, -0.15) is 0 Å². The molecule has 0 aliphatic heterocycles. The Labute approximate surface area is 114 Å². The molecule has 0 saturated heterocycles. The number of hydrogen-bond donors (Lipinski definition) is 1. The largest absolute Gasteiger partial charge is 0.389 e. The van der Waals surface area contributed by atoms with E-state index in [1.54, 1.807) is 13.1 Å². The minimum atomic E-state index is -0.511. The molecule has 0 aliphatic rings. The maximum atomic E-state index is 9.81. The summed E-state index contributed by atoms with van der Waals surface area (Å²) >= 11 is 0. The Morgan fingerprint density at radius 2 is 1.95 bits per heavy atom. The van der Waals surface area contributed by atoms with E-state index in [-0.39, 0.29) is 0 Å². The third-order valence-electron chi connectivity index (χ3n) is 3.30. The summed E-state index contributed by atoms with van der Waals surface area (Å²) in [5.74, 6) is 0.834. The van der Waals surface area contributed by atoms with Crippen molar-refractivity contribution in [2.24, 2.45) is 0 Å². The first-order valence-electron chi connectivity index (χ1n) is 6.48. The standard InChI is InChI=1S/C16H20N2O/c1-12-7-4-5-8-14(12)11-18(3)16-15(13(2)19)9-6-10-17-16/h4-10,13,19H,11H2,1-3H3/t13-/m0/s1. The molecule has 3 nitrogen and oxygen atoms in total. The van der Waals surface area contributed by atoms with Gasteiger partial charge in [0.2, 0.25) is 0 Å². The zero-order valence-corrected chi connectivity index (χ0v) is 11.7. The molecule has 0 bridgehead atoms. The number of hydrogen-bond acceptors (Lipinski definition) is 3. The van der Waals surface area contributed by atoms with Gasteiger partial charge < -0.3 is 10.0 Å². The van der Waals surface area contributed by atoms with E-state index in [1.807, 2.05) is 31.3 Å². The topological polar surface area (TPSA) is 36.4 Å². The third-order valence-corrected chi connectivity index (χ3v) is 3.30. The summed E-state index contributed by atoms with van der Waals surface area (Å²) in [6.07, 6.45) is 1.25. The van der Waals surface area contributed by atoms with Crippen LogP contribution in [0.1, 0.15) is 29.7 Å². The Balaban J connectivity index is 2.26. The SMILES string of the molecule is Cc1ccccc1CN(C)c1ncccc1[C@H](C)O. The predicted molar refractivity (Wildman–Crippen MR) is 78.2 cm³/mol. The summed E-state index contributed by atoms with van der Waals surface area (Å²) in [7, 11) is 2.00. The van der Waals surface area contributed by atoms with E-state index in [1.165, 1.54) is 11.1 Å². The average molecular weight is 256 g/mol. The fourth-order valence-electron chi connectivity index (χ4n) is 2.17. The first-order chi connectivity index (χ1) is 9.09. The van der Waals surface area contributed by atoms with E-state index in [0.717, 1.165) is 17.9 Å². The number of aliphatic hydroxyl groups is 1. The monoisotopic (exact) mass is 256 g/mol. The fourth-order valence-corrected chi connectivity index (χ4v) is 2.17. The molecule has 1 atom stereocenters. The first kappa shape index (κ1) is 13.6. The molecule has 1 aromatic heterocycles. The van der Waals surface area contributed by atoms with Crippen LogP contribution in [0.25, 0.3) is 0 Å². The molecule has 2 rings (SSSR count). The Morgan fingerprint density at radius 1 is 1.21 bits per heavy atom. The van der Waals surface area contributed by atoms with Gasteiger partial charge in [-0.25, -0.2) is 4.98 Å². The predicted octanol–water partition coefficient (Wildman–Crippen LogP) is 3.08. The molecule has 3 heteroatoms. The number of benzene rings is 1. The van der Waals surface area contributed by atoms with Gasteiger partial charge >= 0.3 is 0 Å². The highest BCUT2D eigenvalue weighted by Gasteiger charge is 2.13. The number of nitrogens with zero attached hydrogens (tertiary/aromatic N) is 2. The molecule has 0 unspecified atom stereocenters. The second-order valence-corrected chi connectivity index (χ2v) is 4.87. The molecule has 0 radical (unpaired) electrons. The molecule has 1 aromatic carbocycles. The molecule has 1 N–H and O–H groups in total. The molecule has 0 fully saturated rings. The third kappa shape index (κ3) is 3.12. The average Bonchev–Trinajstić information content (AvgIpc) is 2.41. The van der Waals surface area contributed by atoms with Crippen LogP contribution in [0.5, 0.6) is 0 Å². The van der Waals surface area contributed by atoms with Gasteiger partial charge in [0, 0.05) is 25.4 Å². The lowest BCUT2D eigenvalue weighted by molar-refractivity contribution is 0.199. The summed E-state index contributed by atoms with van der Waals surface area (Å²) in [6.45, 7) is 4.66. The maximum Gasteiger partial charge on any atom is 0.134 e. The molecule has 19 heavy (non-hydrogen) atoms.